The maximum atomic E-state index is 5.80. The number of hydrogen-bond acceptors (Lipinski definition) is 1. The van der Waals surface area contributed by atoms with Crippen LogP contribution in [0.2, 0.25) is 0 Å². The first kappa shape index (κ1) is 7.07. The molecule has 0 aromatic heterocycles. The van der Waals surface area contributed by atoms with Gasteiger partial charge in [-0.2, -0.15) is 0 Å². The molecule has 0 heterocycles. The van der Waals surface area contributed by atoms with E-state index in [0.29, 0.717) is 11.5 Å². The Morgan fingerprint density at radius 2 is 2.00 bits per heavy atom. The van der Waals surface area contributed by atoms with Crippen LogP contribution >= 0.6 is 0 Å². The summed E-state index contributed by atoms with van der Waals surface area (Å²) in [5.74, 6) is 0.812. The van der Waals surface area contributed by atoms with Crippen LogP contribution in [0, 0.1) is 11.3 Å². The van der Waals surface area contributed by atoms with E-state index in [1.165, 1.54) is 12.8 Å². The molecule has 1 saturated carbocycles. The highest BCUT2D eigenvalue weighted by atomic mass is 14.7. The summed E-state index contributed by atoms with van der Waals surface area (Å²) in [6.45, 7) is 6.92. The molecule has 2 N–H and O–H groups in total. The second-order valence-electron chi connectivity index (χ2n) is 4.09. The van der Waals surface area contributed by atoms with Crippen LogP contribution in [0.25, 0.3) is 0 Å². The van der Waals surface area contributed by atoms with E-state index in [9.17, 15) is 0 Å². The van der Waals surface area contributed by atoms with Crippen LogP contribution in [0.1, 0.15) is 33.6 Å². The Morgan fingerprint density at radius 3 is 2.11 bits per heavy atom. The first-order valence-corrected chi connectivity index (χ1v) is 3.78. The van der Waals surface area contributed by atoms with E-state index in [1.54, 1.807) is 0 Å². The van der Waals surface area contributed by atoms with Crippen LogP contribution in [0.3, 0.4) is 0 Å². The fourth-order valence-electron chi connectivity index (χ4n) is 1.73. The Bertz CT molecular complexity index is 107. The molecule has 0 saturated heterocycles. The van der Waals surface area contributed by atoms with Crippen molar-refractivity contribution in [1.29, 1.82) is 0 Å². The zero-order chi connectivity index (χ0) is 7.07. The van der Waals surface area contributed by atoms with E-state index in [1.807, 2.05) is 0 Å². The zero-order valence-corrected chi connectivity index (χ0v) is 6.65. The highest BCUT2D eigenvalue weighted by molar-refractivity contribution is 4.89. The molecule has 0 spiro atoms. The Labute approximate surface area is 57.6 Å². The second kappa shape index (κ2) is 1.98. The van der Waals surface area contributed by atoms with Gasteiger partial charge in [-0.1, -0.05) is 20.8 Å². The summed E-state index contributed by atoms with van der Waals surface area (Å²) in [4.78, 5) is 0. The molecule has 1 heteroatoms. The highest BCUT2D eigenvalue weighted by Gasteiger charge is 2.35. The van der Waals surface area contributed by atoms with Gasteiger partial charge in [0.15, 0.2) is 0 Å². The van der Waals surface area contributed by atoms with Gasteiger partial charge >= 0.3 is 0 Å². The smallest absolute Gasteiger partial charge is 0.00467 e. The number of hydrogen-bond donors (Lipinski definition) is 1. The van der Waals surface area contributed by atoms with Crippen LogP contribution in [-0.4, -0.2) is 6.04 Å². The van der Waals surface area contributed by atoms with Gasteiger partial charge in [0.05, 0.1) is 0 Å². The Morgan fingerprint density at radius 1 is 1.44 bits per heavy atom. The zero-order valence-electron chi connectivity index (χ0n) is 6.65. The van der Waals surface area contributed by atoms with Gasteiger partial charge in [-0.15, -0.1) is 0 Å². The van der Waals surface area contributed by atoms with Crippen molar-refractivity contribution in [3.63, 3.8) is 0 Å². The molecule has 1 unspecified atom stereocenters. The Balaban J connectivity index is 2.58. The predicted molar refractivity (Wildman–Crippen MR) is 40.2 cm³/mol. The van der Waals surface area contributed by atoms with Gasteiger partial charge in [-0.25, -0.2) is 0 Å². The average Bonchev–Trinajstić information content (AvgIpc) is 1.79. The molecular weight excluding hydrogens is 110 g/mol. The molecular formula is C8H17N. The molecule has 0 bridgehead atoms. The lowest BCUT2D eigenvalue weighted by atomic mass is 9.83. The van der Waals surface area contributed by atoms with E-state index in [-0.39, 0.29) is 0 Å². The molecule has 0 aliphatic heterocycles. The number of rotatable bonds is 0. The molecule has 0 aromatic carbocycles. The molecule has 1 aliphatic rings. The minimum absolute atomic E-state index is 0.468. The predicted octanol–water partition coefficient (Wildman–Crippen LogP) is 1.77. The molecule has 2 atom stereocenters. The largest absolute Gasteiger partial charge is 0.328 e. The van der Waals surface area contributed by atoms with Crippen molar-refractivity contribution in [2.45, 2.75) is 39.7 Å². The molecule has 1 aliphatic carbocycles. The second-order valence-corrected chi connectivity index (χ2v) is 4.09. The SMILES string of the molecule is CC1C[C@H](N)CC1(C)C. The van der Waals surface area contributed by atoms with Crippen LogP contribution in [-0.2, 0) is 0 Å². The molecule has 0 amide bonds. The minimum Gasteiger partial charge on any atom is -0.328 e. The summed E-state index contributed by atoms with van der Waals surface area (Å²) in [6.07, 6.45) is 2.42. The molecule has 1 fully saturated rings. The Hall–Kier alpha value is -0.0400. The van der Waals surface area contributed by atoms with Gasteiger partial charge in [0.2, 0.25) is 0 Å². The normalized spacial score (nSPS) is 41.3. The summed E-state index contributed by atoms with van der Waals surface area (Å²) in [7, 11) is 0. The summed E-state index contributed by atoms with van der Waals surface area (Å²) >= 11 is 0. The first-order valence-electron chi connectivity index (χ1n) is 3.78. The van der Waals surface area contributed by atoms with Gasteiger partial charge in [0, 0.05) is 6.04 Å². The lowest BCUT2D eigenvalue weighted by molar-refractivity contribution is 0.280. The monoisotopic (exact) mass is 127 g/mol. The minimum atomic E-state index is 0.468. The van der Waals surface area contributed by atoms with Gasteiger partial charge < -0.3 is 5.73 Å². The average molecular weight is 127 g/mol. The van der Waals surface area contributed by atoms with Gasteiger partial charge in [-0.3, -0.25) is 0 Å². The first-order chi connectivity index (χ1) is 4.02. The maximum absolute atomic E-state index is 5.80. The molecule has 1 rings (SSSR count). The quantitative estimate of drug-likeness (QED) is 0.527. The third-order valence-electron chi connectivity index (χ3n) is 2.78. The summed E-state index contributed by atoms with van der Waals surface area (Å²) in [6, 6.07) is 0.468. The van der Waals surface area contributed by atoms with E-state index in [2.05, 4.69) is 20.8 Å². The number of nitrogens with two attached hydrogens (primary N) is 1. The van der Waals surface area contributed by atoms with Crippen LogP contribution < -0.4 is 5.73 Å². The van der Waals surface area contributed by atoms with Crippen LogP contribution in [0.5, 0.6) is 0 Å². The van der Waals surface area contributed by atoms with E-state index < -0.39 is 0 Å². The fraction of sp³-hybridized carbons (Fsp3) is 1.00. The van der Waals surface area contributed by atoms with Crippen molar-refractivity contribution in [2.75, 3.05) is 0 Å². The van der Waals surface area contributed by atoms with Gasteiger partial charge in [-0.05, 0) is 24.2 Å². The Kier molecular flexibility index (Phi) is 1.55. The van der Waals surface area contributed by atoms with E-state index in [4.69, 9.17) is 5.73 Å². The molecule has 0 aromatic rings. The molecule has 54 valence electrons. The van der Waals surface area contributed by atoms with Crippen molar-refractivity contribution < 1.29 is 0 Å². The summed E-state index contributed by atoms with van der Waals surface area (Å²) < 4.78 is 0. The maximum Gasteiger partial charge on any atom is 0.00467 e. The van der Waals surface area contributed by atoms with Crippen molar-refractivity contribution in [3.05, 3.63) is 0 Å². The third-order valence-corrected chi connectivity index (χ3v) is 2.78. The molecule has 9 heavy (non-hydrogen) atoms. The van der Waals surface area contributed by atoms with E-state index >= 15 is 0 Å². The van der Waals surface area contributed by atoms with Crippen molar-refractivity contribution >= 4 is 0 Å². The van der Waals surface area contributed by atoms with Gasteiger partial charge in [0.1, 0.15) is 0 Å². The van der Waals surface area contributed by atoms with Crippen molar-refractivity contribution in [1.82, 2.24) is 0 Å². The topological polar surface area (TPSA) is 26.0 Å². The molecule has 0 radical (unpaired) electrons. The summed E-state index contributed by atoms with van der Waals surface area (Å²) in [5.41, 5.74) is 6.30. The third kappa shape index (κ3) is 1.26. The standard InChI is InChI=1S/C8H17N/c1-6-4-7(9)5-8(6,2)3/h6-7H,4-5,9H2,1-3H3/t6?,7-/m0/s1. The van der Waals surface area contributed by atoms with Crippen molar-refractivity contribution in [3.8, 4) is 0 Å². The van der Waals surface area contributed by atoms with E-state index in [0.717, 1.165) is 5.92 Å². The van der Waals surface area contributed by atoms with Gasteiger partial charge in [0.25, 0.3) is 0 Å². The lowest BCUT2D eigenvalue weighted by Crippen LogP contribution is -2.17. The summed E-state index contributed by atoms with van der Waals surface area (Å²) in [5, 5.41) is 0. The fourth-order valence-corrected chi connectivity index (χ4v) is 1.73. The lowest BCUT2D eigenvalue weighted by Gasteiger charge is -2.22. The van der Waals surface area contributed by atoms with Crippen LogP contribution in [0.4, 0.5) is 0 Å². The highest BCUT2D eigenvalue weighted by Crippen LogP contribution is 2.41. The van der Waals surface area contributed by atoms with Crippen LogP contribution in [0.15, 0.2) is 0 Å². The van der Waals surface area contributed by atoms with Crippen molar-refractivity contribution in [2.24, 2.45) is 17.1 Å². The molecule has 1 nitrogen and oxygen atoms in total.